The van der Waals surface area contributed by atoms with Crippen molar-refractivity contribution in [3.63, 3.8) is 0 Å². The van der Waals surface area contributed by atoms with Gasteiger partial charge >= 0.3 is 0 Å². The number of aromatic nitrogens is 2. The number of nitrogens with zero attached hydrogens (tertiary/aromatic N) is 2. The highest BCUT2D eigenvalue weighted by Crippen LogP contribution is 2.27. The molecule has 0 radical (unpaired) electrons. The van der Waals surface area contributed by atoms with E-state index in [0.29, 0.717) is 19.4 Å². The molecule has 1 amide bonds. The molecule has 0 fully saturated rings. The van der Waals surface area contributed by atoms with E-state index in [9.17, 15) is 4.79 Å². The van der Waals surface area contributed by atoms with E-state index in [2.05, 4.69) is 15.3 Å². The zero-order chi connectivity index (χ0) is 16.1. The Balaban J connectivity index is 1.74. The van der Waals surface area contributed by atoms with Gasteiger partial charge in [-0.05, 0) is 28.8 Å². The highest BCUT2D eigenvalue weighted by Gasteiger charge is 2.07. The fourth-order valence-corrected chi connectivity index (χ4v) is 2.52. The van der Waals surface area contributed by atoms with Gasteiger partial charge in [0.15, 0.2) is 0 Å². The van der Waals surface area contributed by atoms with Gasteiger partial charge in [0.2, 0.25) is 5.91 Å². The van der Waals surface area contributed by atoms with Crippen LogP contribution in [-0.2, 0) is 11.2 Å². The molecule has 0 aliphatic heterocycles. The van der Waals surface area contributed by atoms with Crippen LogP contribution in [0.15, 0.2) is 48.8 Å². The summed E-state index contributed by atoms with van der Waals surface area (Å²) in [6.45, 7) is 0.399. The number of pyridine rings is 1. The largest absolute Gasteiger partial charge is 0.355 e. The van der Waals surface area contributed by atoms with Crippen molar-refractivity contribution in [2.24, 2.45) is 0 Å². The lowest BCUT2D eigenvalue weighted by atomic mass is 10.0. The molecule has 2 N–H and O–H groups in total. The minimum Gasteiger partial charge on any atom is -0.355 e. The average Bonchev–Trinajstić information content (AvgIpc) is 3.04. The third-order valence-corrected chi connectivity index (χ3v) is 3.65. The molecule has 0 bridgehead atoms. The normalized spacial score (nSPS) is 10.4. The number of amides is 1. The quantitative estimate of drug-likeness (QED) is 0.711. The lowest BCUT2D eigenvalue weighted by Gasteiger charge is -2.06. The monoisotopic (exact) mass is 304 g/mol. The molecule has 2 aromatic heterocycles. The fourth-order valence-electron chi connectivity index (χ4n) is 2.52. The Labute approximate surface area is 134 Å². The van der Waals surface area contributed by atoms with Crippen LogP contribution < -0.4 is 5.32 Å². The Bertz CT molecular complexity index is 859. The Hall–Kier alpha value is -3.13. The zero-order valence-corrected chi connectivity index (χ0v) is 12.5. The summed E-state index contributed by atoms with van der Waals surface area (Å²) >= 11 is 0. The standard InChI is InChI=1S/C18H16N4O/c19-8-1-9-20-17(23)12-13-2-4-14(5-3-13)15-6-10-21-18-16(15)7-11-22-18/h2-7,10-11H,1,9,12H2,(H,20,23)(H,21,22). The first-order valence-corrected chi connectivity index (χ1v) is 7.43. The van der Waals surface area contributed by atoms with Gasteiger partial charge in [0.05, 0.1) is 18.9 Å². The number of nitrogens with one attached hydrogen (secondary N) is 2. The second-order valence-corrected chi connectivity index (χ2v) is 5.23. The van der Waals surface area contributed by atoms with Gasteiger partial charge in [0.1, 0.15) is 5.65 Å². The summed E-state index contributed by atoms with van der Waals surface area (Å²) < 4.78 is 0. The minimum absolute atomic E-state index is 0.0649. The summed E-state index contributed by atoms with van der Waals surface area (Å²) in [6.07, 6.45) is 4.31. The second-order valence-electron chi connectivity index (χ2n) is 5.23. The second kappa shape index (κ2) is 6.75. The molecule has 3 aromatic rings. The van der Waals surface area contributed by atoms with Gasteiger partial charge in [-0.3, -0.25) is 4.79 Å². The highest BCUT2D eigenvalue weighted by atomic mass is 16.1. The molecule has 0 aliphatic carbocycles. The number of H-pyrrole nitrogens is 1. The van der Waals surface area contributed by atoms with Crippen LogP contribution in [0.5, 0.6) is 0 Å². The van der Waals surface area contributed by atoms with Crippen LogP contribution in [0.1, 0.15) is 12.0 Å². The third kappa shape index (κ3) is 3.38. The number of rotatable bonds is 5. The van der Waals surface area contributed by atoms with Gasteiger partial charge in [0.25, 0.3) is 0 Å². The number of benzene rings is 1. The van der Waals surface area contributed by atoms with E-state index >= 15 is 0 Å². The fraction of sp³-hybridized carbons (Fsp3) is 0.167. The molecule has 2 heterocycles. The van der Waals surface area contributed by atoms with Crippen LogP contribution in [0.3, 0.4) is 0 Å². The van der Waals surface area contributed by atoms with Crippen LogP contribution in [0, 0.1) is 11.3 Å². The van der Waals surface area contributed by atoms with Gasteiger partial charge < -0.3 is 10.3 Å². The molecule has 114 valence electrons. The van der Waals surface area contributed by atoms with Crippen molar-refractivity contribution in [1.82, 2.24) is 15.3 Å². The smallest absolute Gasteiger partial charge is 0.224 e. The number of nitriles is 1. The molecule has 0 spiro atoms. The van der Waals surface area contributed by atoms with Gasteiger partial charge in [-0.2, -0.15) is 5.26 Å². The van der Waals surface area contributed by atoms with Crippen molar-refractivity contribution in [2.75, 3.05) is 6.54 Å². The van der Waals surface area contributed by atoms with Gasteiger partial charge in [0, 0.05) is 24.3 Å². The summed E-state index contributed by atoms with van der Waals surface area (Å²) in [4.78, 5) is 19.1. The molecule has 5 nitrogen and oxygen atoms in total. The molecule has 23 heavy (non-hydrogen) atoms. The molecule has 0 saturated heterocycles. The van der Waals surface area contributed by atoms with Crippen LogP contribution in [0.25, 0.3) is 22.2 Å². The molecule has 0 atom stereocenters. The molecule has 0 saturated carbocycles. The van der Waals surface area contributed by atoms with E-state index in [1.165, 1.54) is 0 Å². The maximum atomic E-state index is 11.7. The number of carbonyl (C=O) groups is 1. The molecule has 1 aromatic carbocycles. The van der Waals surface area contributed by atoms with E-state index in [1.54, 1.807) is 6.20 Å². The zero-order valence-electron chi connectivity index (χ0n) is 12.5. The minimum atomic E-state index is -0.0649. The topological polar surface area (TPSA) is 81.6 Å². The van der Waals surface area contributed by atoms with Crippen molar-refractivity contribution in [2.45, 2.75) is 12.8 Å². The van der Waals surface area contributed by atoms with Crippen LogP contribution in [-0.4, -0.2) is 22.4 Å². The van der Waals surface area contributed by atoms with Crippen LogP contribution in [0.4, 0.5) is 0 Å². The Morgan fingerprint density at radius 2 is 2.04 bits per heavy atom. The van der Waals surface area contributed by atoms with E-state index in [-0.39, 0.29) is 5.91 Å². The number of carbonyl (C=O) groups excluding carboxylic acids is 1. The lowest BCUT2D eigenvalue weighted by Crippen LogP contribution is -2.25. The maximum Gasteiger partial charge on any atom is 0.224 e. The van der Waals surface area contributed by atoms with Crippen molar-refractivity contribution >= 4 is 16.9 Å². The Morgan fingerprint density at radius 1 is 1.22 bits per heavy atom. The predicted molar refractivity (Wildman–Crippen MR) is 88.5 cm³/mol. The number of hydrogen-bond acceptors (Lipinski definition) is 3. The average molecular weight is 304 g/mol. The first-order chi connectivity index (χ1) is 11.3. The van der Waals surface area contributed by atoms with E-state index in [1.807, 2.05) is 48.7 Å². The summed E-state index contributed by atoms with van der Waals surface area (Å²) in [5.41, 5.74) is 4.01. The molecule has 0 aliphatic rings. The van der Waals surface area contributed by atoms with E-state index in [4.69, 9.17) is 5.26 Å². The van der Waals surface area contributed by atoms with Crippen molar-refractivity contribution in [1.29, 1.82) is 5.26 Å². The summed E-state index contributed by atoms with van der Waals surface area (Å²) in [7, 11) is 0. The SMILES string of the molecule is N#CCCNC(=O)Cc1ccc(-c2ccnc3[nH]ccc23)cc1. The van der Waals surface area contributed by atoms with Crippen molar-refractivity contribution in [3.05, 3.63) is 54.4 Å². The Kier molecular flexibility index (Phi) is 4.34. The summed E-state index contributed by atoms with van der Waals surface area (Å²) in [6, 6.07) is 13.9. The van der Waals surface area contributed by atoms with Gasteiger partial charge in [-0.1, -0.05) is 24.3 Å². The molecular formula is C18H16N4O. The number of fused-ring (bicyclic) bond motifs is 1. The van der Waals surface area contributed by atoms with E-state index in [0.717, 1.165) is 27.7 Å². The molecule has 3 rings (SSSR count). The van der Waals surface area contributed by atoms with Crippen LogP contribution >= 0.6 is 0 Å². The first-order valence-electron chi connectivity index (χ1n) is 7.43. The highest BCUT2D eigenvalue weighted by molar-refractivity contribution is 5.92. The number of aromatic amines is 1. The predicted octanol–water partition coefficient (Wildman–Crippen LogP) is 2.80. The summed E-state index contributed by atoms with van der Waals surface area (Å²) in [5, 5.41) is 12.3. The van der Waals surface area contributed by atoms with Crippen molar-refractivity contribution in [3.8, 4) is 17.2 Å². The summed E-state index contributed by atoms with van der Waals surface area (Å²) in [5.74, 6) is -0.0649. The Morgan fingerprint density at radius 3 is 2.83 bits per heavy atom. The number of hydrogen-bond donors (Lipinski definition) is 2. The van der Waals surface area contributed by atoms with Crippen molar-refractivity contribution < 1.29 is 4.79 Å². The molecule has 0 unspecified atom stereocenters. The maximum absolute atomic E-state index is 11.7. The van der Waals surface area contributed by atoms with Gasteiger partial charge in [-0.25, -0.2) is 4.98 Å². The molecule has 5 heteroatoms. The first kappa shape index (κ1) is 14.8. The van der Waals surface area contributed by atoms with Gasteiger partial charge in [-0.15, -0.1) is 0 Å². The molecular weight excluding hydrogens is 288 g/mol. The van der Waals surface area contributed by atoms with Crippen LogP contribution in [0.2, 0.25) is 0 Å². The third-order valence-electron chi connectivity index (χ3n) is 3.65. The lowest BCUT2D eigenvalue weighted by molar-refractivity contribution is -0.120. The van der Waals surface area contributed by atoms with E-state index < -0.39 is 0 Å².